The van der Waals surface area contributed by atoms with Gasteiger partial charge in [-0.3, -0.25) is 4.98 Å². The monoisotopic (exact) mass is 751 g/mol. The number of fused-ring (bicyclic) bond motifs is 2. The third kappa shape index (κ3) is 5.84. The smallest absolute Gasteiger partial charge is 0.354 e. The Morgan fingerprint density at radius 3 is 2.26 bits per heavy atom. The van der Waals surface area contributed by atoms with Crippen molar-refractivity contribution in [3.8, 4) is 33.9 Å². The molecule has 0 unspecified atom stereocenters. The summed E-state index contributed by atoms with van der Waals surface area (Å²) in [6, 6.07) is 24.0. The van der Waals surface area contributed by atoms with E-state index in [0.717, 1.165) is 56.3 Å². The van der Waals surface area contributed by atoms with Crippen LogP contribution >= 0.6 is 0 Å². The van der Waals surface area contributed by atoms with Gasteiger partial charge in [-0.05, 0) is 90.7 Å². The van der Waals surface area contributed by atoms with Gasteiger partial charge in [0, 0.05) is 50.1 Å². The Balaban J connectivity index is 0.000000246. The third-order valence-electron chi connectivity index (χ3n) is 7.90. The fraction of sp³-hybridized carbons (Fsp3) is 0.176. The predicted octanol–water partition coefficient (Wildman–Crippen LogP) is 6.55. The van der Waals surface area contributed by atoms with Gasteiger partial charge in [0.25, 0.3) is 0 Å². The van der Waals surface area contributed by atoms with Crippen LogP contribution in [0.5, 0.6) is 11.5 Å². The average Bonchev–Trinajstić information content (AvgIpc) is 2.98. The molecular formula is C34H32IrN3O3Si-. The van der Waals surface area contributed by atoms with Crippen LogP contribution in [0.15, 0.2) is 79.3 Å². The Hall–Kier alpha value is -3.97. The maximum Gasteiger partial charge on any atom is 0.354 e. The van der Waals surface area contributed by atoms with E-state index in [2.05, 4.69) is 58.4 Å². The Labute approximate surface area is 261 Å². The van der Waals surface area contributed by atoms with Crippen molar-refractivity contribution in [1.29, 1.82) is 0 Å². The molecule has 1 aliphatic rings. The third-order valence-corrected chi connectivity index (χ3v) is 11.4. The van der Waals surface area contributed by atoms with Crippen LogP contribution in [-0.2, 0) is 20.1 Å². The second-order valence-corrected chi connectivity index (χ2v) is 15.0. The topological polar surface area (TPSA) is 85.2 Å². The number of para-hydroxylation sites is 1. The minimum Gasteiger partial charge on any atom is -0.477 e. The van der Waals surface area contributed by atoms with Gasteiger partial charge in [0.2, 0.25) is 0 Å². The van der Waals surface area contributed by atoms with Gasteiger partial charge in [-0.2, -0.15) is 0 Å². The van der Waals surface area contributed by atoms with Crippen molar-refractivity contribution in [3.63, 3.8) is 0 Å². The zero-order valence-electron chi connectivity index (χ0n) is 24.4. The van der Waals surface area contributed by atoms with Crippen molar-refractivity contribution in [1.82, 2.24) is 15.0 Å². The number of benzene rings is 2. The second kappa shape index (κ2) is 12.5. The van der Waals surface area contributed by atoms with Crippen molar-refractivity contribution < 1.29 is 34.7 Å². The van der Waals surface area contributed by atoms with Gasteiger partial charge in [0.15, 0.2) is 5.69 Å². The maximum atomic E-state index is 10.8. The van der Waals surface area contributed by atoms with E-state index >= 15 is 0 Å². The first-order valence-electron chi connectivity index (χ1n) is 13.5. The molecule has 0 atom stereocenters. The van der Waals surface area contributed by atoms with Crippen molar-refractivity contribution in [3.05, 3.63) is 113 Å². The fourth-order valence-corrected chi connectivity index (χ4v) is 8.39. The molecule has 0 saturated heterocycles. The van der Waals surface area contributed by atoms with E-state index < -0.39 is 14.0 Å². The minimum atomic E-state index is -1.96. The molecule has 8 heteroatoms. The largest absolute Gasteiger partial charge is 0.477 e. The van der Waals surface area contributed by atoms with Gasteiger partial charge in [0.05, 0.1) is 8.07 Å². The Morgan fingerprint density at radius 1 is 0.857 bits per heavy atom. The van der Waals surface area contributed by atoms with Gasteiger partial charge >= 0.3 is 5.97 Å². The molecule has 42 heavy (non-hydrogen) atoms. The van der Waals surface area contributed by atoms with Crippen LogP contribution < -0.4 is 15.1 Å². The Morgan fingerprint density at radius 2 is 1.55 bits per heavy atom. The summed E-state index contributed by atoms with van der Waals surface area (Å²) in [6.07, 6.45) is 5.49. The van der Waals surface area contributed by atoms with Gasteiger partial charge in [-0.15, -0.1) is 23.8 Å². The van der Waals surface area contributed by atoms with Crippen LogP contribution in [0.3, 0.4) is 0 Å². The summed E-state index contributed by atoms with van der Waals surface area (Å²) < 4.78 is 6.27. The number of carboxylic acids is 1. The molecule has 6 rings (SSSR count). The van der Waals surface area contributed by atoms with Gasteiger partial charge in [-0.1, -0.05) is 42.5 Å². The van der Waals surface area contributed by atoms with Crippen LogP contribution in [-0.4, -0.2) is 34.1 Å². The number of aromatic carboxylic acids is 1. The molecule has 0 amide bonds. The summed E-state index contributed by atoms with van der Waals surface area (Å²) in [5, 5.41) is 11.4. The van der Waals surface area contributed by atoms with Gasteiger partial charge in [0.1, 0.15) is 5.75 Å². The van der Waals surface area contributed by atoms with Crippen molar-refractivity contribution in [2.24, 2.45) is 0 Å². The van der Waals surface area contributed by atoms with Crippen LogP contribution in [0.1, 0.15) is 32.9 Å². The number of rotatable bonds is 3. The van der Waals surface area contributed by atoms with Crippen molar-refractivity contribution in [2.45, 2.75) is 40.8 Å². The Kier molecular flexibility index (Phi) is 9.21. The number of carboxylic acid groups (broad SMARTS) is 1. The molecule has 1 radical (unpaired) electrons. The molecule has 0 fully saturated rings. The van der Waals surface area contributed by atoms with E-state index in [0.29, 0.717) is 0 Å². The normalized spacial score (nSPS) is 12.4. The summed E-state index contributed by atoms with van der Waals surface area (Å²) in [5.74, 6) is 0.950. The zero-order chi connectivity index (χ0) is 29.3. The summed E-state index contributed by atoms with van der Waals surface area (Å²) >= 11 is 0. The molecule has 215 valence electrons. The SMILES string of the molecule is C[Si]1(C)c2ccccc2Oc2cc[c-]c(-c3cc(-c4ccncc4)ccn3)c21.Cc1nc(C(=O)O)c(C)c(C)c1C.[Ir]. The molecule has 6 nitrogen and oxygen atoms in total. The predicted molar refractivity (Wildman–Crippen MR) is 165 cm³/mol. The molecule has 0 saturated carbocycles. The van der Waals surface area contributed by atoms with Crippen molar-refractivity contribution in [2.75, 3.05) is 0 Å². The molecule has 0 bridgehead atoms. The van der Waals surface area contributed by atoms with Crippen LogP contribution in [0.25, 0.3) is 22.4 Å². The van der Waals surface area contributed by atoms with E-state index in [1.54, 1.807) is 6.92 Å². The maximum absolute atomic E-state index is 10.8. The van der Waals surface area contributed by atoms with Crippen LogP contribution in [0.4, 0.5) is 0 Å². The van der Waals surface area contributed by atoms with E-state index in [9.17, 15) is 4.79 Å². The molecule has 0 spiro atoms. The molecule has 0 aliphatic carbocycles. The average molecular weight is 751 g/mol. The number of carbonyl (C=O) groups is 1. The van der Waals surface area contributed by atoms with E-state index in [-0.39, 0.29) is 25.8 Å². The number of ether oxygens (including phenoxy) is 1. The number of nitrogens with zero attached hydrogens (tertiary/aromatic N) is 3. The summed E-state index contributed by atoms with van der Waals surface area (Å²) in [4.78, 5) is 23.6. The molecule has 4 heterocycles. The molecule has 3 aromatic heterocycles. The minimum absolute atomic E-state index is 0. The van der Waals surface area contributed by atoms with E-state index in [4.69, 9.17) is 9.84 Å². The molecule has 1 aliphatic heterocycles. The quantitative estimate of drug-likeness (QED) is 0.167. The molecule has 5 aromatic rings. The van der Waals surface area contributed by atoms with Crippen LogP contribution in [0.2, 0.25) is 13.1 Å². The molecular weight excluding hydrogens is 719 g/mol. The first-order chi connectivity index (χ1) is 19.6. The summed E-state index contributed by atoms with van der Waals surface area (Å²) in [6.45, 7) is 12.2. The number of aromatic nitrogens is 3. The second-order valence-electron chi connectivity index (χ2n) is 10.7. The fourth-order valence-electron chi connectivity index (χ4n) is 5.28. The molecule has 2 aromatic carbocycles. The number of aryl methyl sites for hydroxylation is 1. The Bertz CT molecular complexity index is 1770. The number of pyridine rings is 3. The van der Waals surface area contributed by atoms with E-state index in [1.165, 1.54) is 10.4 Å². The van der Waals surface area contributed by atoms with Crippen LogP contribution in [0, 0.1) is 33.8 Å². The first kappa shape index (κ1) is 31.0. The first-order valence-corrected chi connectivity index (χ1v) is 16.5. The van der Waals surface area contributed by atoms with Gasteiger partial charge in [-0.25, -0.2) is 9.78 Å². The van der Waals surface area contributed by atoms with Gasteiger partial charge < -0.3 is 14.8 Å². The van der Waals surface area contributed by atoms with Crippen molar-refractivity contribution >= 4 is 24.4 Å². The standard InChI is InChI=1S/C24H19N2OSi.C10H13NO2.Ir/c1-28(2)23-9-4-3-7-21(23)27-22-8-5-6-19(24(22)28)20-16-18(12-15-26-20)17-10-13-25-14-11-17;1-5-6(2)8(4)11-9(7(5)3)10(12)13;/h3-5,7-16H,1-2H3;1-4H3,(H,12,13);/q-1;;. The number of hydrogen-bond donors (Lipinski definition) is 1. The number of hydrogen-bond acceptors (Lipinski definition) is 5. The summed E-state index contributed by atoms with van der Waals surface area (Å²) in [5.41, 5.74) is 8.02. The summed E-state index contributed by atoms with van der Waals surface area (Å²) in [7, 11) is -1.96. The molecule has 1 N–H and O–H groups in total. The zero-order valence-corrected chi connectivity index (χ0v) is 27.8. The van der Waals surface area contributed by atoms with E-state index in [1.807, 2.05) is 75.8 Å².